The number of nitrogens with zero attached hydrogens (tertiary/aromatic N) is 1. The second-order valence-corrected chi connectivity index (χ2v) is 6.82. The van der Waals surface area contributed by atoms with Crippen molar-refractivity contribution in [2.75, 3.05) is 25.0 Å². The molecule has 0 spiro atoms. The van der Waals surface area contributed by atoms with Gasteiger partial charge in [0.2, 0.25) is 5.91 Å². The first kappa shape index (κ1) is 16.0. The smallest absolute Gasteiger partial charge is 0.225 e. The van der Waals surface area contributed by atoms with Gasteiger partial charge in [-0.2, -0.15) is 0 Å². The van der Waals surface area contributed by atoms with Gasteiger partial charge in [0.25, 0.3) is 0 Å². The number of piperidine rings is 1. The van der Waals surface area contributed by atoms with E-state index in [0.29, 0.717) is 6.42 Å². The Morgan fingerprint density at radius 1 is 1.24 bits per heavy atom. The molecule has 0 radical (unpaired) electrons. The molecule has 0 bridgehead atoms. The predicted molar refractivity (Wildman–Crippen MR) is 88.5 cm³/mol. The highest BCUT2D eigenvalue weighted by molar-refractivity contribution is 5.91. The van der Waals surface area contributed by atoms with Gasteiger partial charge in [0.15, 0.2) is 0 Å². The van der Waals surface area contributed by atoms with Gasteiger partial charge in [0.1, 0.15) is 0 Å². The van der Waals surface area contributed by atoms with Crippen molar-refractivity contribution in [1.29, 1.82) is 0 Å². The van der Waals surface area contributed by atoms with Gasteiger partial charge in [-0.15, -0.1) is 0 Å². The summed E-state index contributed by atoms with van der Waals surface area (Å²) in [4.78, 5) is 14.6. The Kier molecular flexibility index (Phi) is 5.40. The summed E-state index contributed by atoms with van der Waals surface area (Å²) in [6.45, 7) is 11.8. The van der Waals surface area contributed by atoms with Crippen molar-refractivity contribution in [2.24, 2.45) is 11.8 Å². The molecule has 116 valence electrons. The molecule has 0 saturated carbocycles. The summed E-state index contributed by atoms with van der Waals surface area (Å²) in [7, 11) is 0. The Hall–Kier alpha value is -1.35. The molecule has 1 heterocycles. The van der Waals surface area contributed by atoms with Crippen LogP contribution in [0.5, 0.6) is 0 Å². The number of hydrogen-bond acceptors (Lipinski definition) is 2. The average molecular weight is 288 g/mol. The van der Waals surface area contributed by atoms with Gasteiger partial charge in [0.05, 0.1) is 0 Å². The molecule has 1 N–H and O–H groups in total. The van der Waals surface area contributed by atoms with Crippen LogP contribution in [-0.4, -0.2) is 30.4 Å². The Morgan fingerprint density at radius 2 is 1.90 bits per heavy atom. The number of likely N-dealkylation sites (tertiary alicyclic amines) is 1. The SMILES string of the molecule is Cc1ccc(C)c(NC(=O)CCN2C[C@H](C)C[C@@H](C)C2)c1. The van der Waals surface area contributed by atoms with E-state index in [9.17, 15) is 4.79 Å². The maximum absolute atomic E-state index is 12.1. The van der Waals surface area contributed by atoms with Gasteiger partial charge in [-0.3, -0.25) is 4.79 Å². The highest BCUT2D eigenvalue weighted by atomic mass is 16.1. The zero-order valence-electron chi connectivity index (χ0n) is 13.8. The minimum absolute atomic E-state index is 0.120. The molecule has 3 heteroatoms. The zero-order valence-corrected chi connectivity index (χ0v) is 13.8. The van der Waals surface area contributed by atoms with Gasteiger partial charge in [-0.05, 0) is 49.3 Å². The van der Waals surface area contributed by atoms with Crippen LogP contribution in [0.25, 0.3) is 0 Å². The quantitative estimate of drug-likeness (QED) is 0.918. The molecule has 1 saturated heterocycles. The molecule has 1 amide bonds. The second-order valence-electron chi connectivity index (χ2n) is 6.82. The van der Waals surface area contributed by atoms with Crippen LogP contribution < -0.4 is 5.32 Å². The molecule has 1 aliphatic rings. The first-order valence-electron chi connectivity index (χ1n) is 8.03. The zero-order chi connectivity index (χ0) is 15.4. The fourth-order valence-electron chi connectivity index (χ4n) is 3.32. The van der Waals surface area contributed by atoms with Crippen LogP contribution in [0.1, 0.15) is 37.8 Å². The predicted octanol–water partition coefficient (Wildman–Crippen LogP) is 3.61. The van der Waals surface area contributed by atoms with E-state index in [1.54, 1.807) is 0 Å². The summed E-state index contributed by atoms with van der Waals surface area (Å²) in [5.74, 6) is 1.61. The Morgan fingerprint density at radius 3 is 2.57 bits per heavy atom. The molecule has 1 aliphatic heterocycles. The number of anilines is 1. The lowest BCUT2D eigenvalue weighted by Crippen LogP contribution is -2.40. The molecule has 2 atom stereocenters. The molecule has 0 aliphatic carbocycles. The number of rotatable bonds is 4. The van der Waals surface area contributed by atoms with Crippen molar-refractivity contribution < 1.29 is 4.79 Å². The molecule has 0 aromatic heterocycles. The van der Waals surface area contributed by atoms with Crippen LogP contribution in [0.3, 0.4) is 0 Å². The summed E-state index contributed by atoms with van der Waals surface area (Å²) in [6, 6.07) is 6.17. The van der Waals surface area contributed by atoms with Gasteiger partial charge in [-0.1, -0.05) is 26.0 Å². The molecule has 0 unspecified atom stereocenters. The minimum atomic E-state index is 0.120. The lowest BCUT2D eigenvalue weighted by Gasteiger charge is -2.34. The second kappa shape index (κ2) is 7.08. The fraction of sp³-hybridized carbons (Fsp3) is 0.611. The van der Waals surface area contributed by atoms with E-state index in [4.69, 9.17) is 0 Å². The van der Waals surface area contributed by atoms with Crippen LogP contribution in [0.2, 0.25) is 0 Å². The number of carbonyl (C=O) groups excluding carboxylic acids is 1. The monoisotopic (exact) mass is 288 g/mol. The highest BCUT2D eigenvalue weighted by Crippen LogP contribution is 2.21. The van der Waals surface area contributed by atoms with Gasteiger partial charge >= 0.3 is 0 Å². The van der Waals surface area contributed by atoms with Crippen molar-refractivity contribution >= 4 is 11.6 Å². The lowest BCUT2D eigenvalue weighted by atomic mass is 9.92. The molecule has 2 rings (SSSR count). The van der Waals surface area contributed by atoms with E-state index < -0.39 is 0 Å². The average Bonchev–Trinajstić information content (AvgIpc) is 2.40. The molecule has 1 aromatic rings. The van der Waals surface area contributed by atoms with Crippen LogP contribution in [-0.2, 0) is 4.79 Å². The Balaban J connectivity index is 1.83. The minimum Gasteiger partial charge on any atom is -0.326 e. The summed E-state index contributed by atoms with van der Waals surface area (Å²) < 4.78 is 0. The molecule has 3 nitrogen and oxygen atoms in total. The van der Waals surface area contributed by atoms with Crippen LogP contribution in [0.15, 0.2) is 18.2 Å². The van der Waals surface area contributed by atoms with E-state index in [2.05, 4.69) is 36.2 Å². The van der Waals surface area contributed by atoms with E-state index in [0.717, 1.165) is 42.7 Å². The van der Waals surface area contributed by atoms with Crippen LogP contribution in [0, 0.1) is 25.7 Å². The van der Waals surface area contributed by atoms with E-state index in [1.165, 1.54) is 12.0 Å². The van der Waals surface area contributed by atoms with Gasteiger partial charge in [-0.25, -0.2) is 0 Å². The summed E-state index contributed by atoms with van der Waals surface area (Å²) in [6.07, 6.45) is 1.89. The number of benzene rings is 1. The number of nitrogens with one attached hydrogen (secondary N) is 1. The van der Waals surface area contributed by atoms with Crippen molar-refractivity contribution in [3.63, 3.8) is 0 Å². The molecule has 1 fully saturated rings. The standard InChI is InChI=1S/C18H28N2O/c1-13-5-6-16(4)17(10-13)19-18(21)7-8-20-11-14(2)9-15(3)12-20/h5-6,10,14-15H,7-9,11-12H2,1-4H3,(H,19,21)/t14-,15-/m1/s1. The number of hydrogen-bond donors (Lipinski definition) is 1. The van der Waals surface area contributed by atoms with Crippen molar-refractivity contribution in [2.45, 2.75) is 40.5 Å². The third kappa shape index (κ3) is 4.85. The first-order valence-corrected chi connectivity index (χ1v) is 8.03. The van der Waals surface area contributed by atoms with Crippen molar-refractivity contribution in [3.8, 4) is 0 Å². The normalized spacial score (nSPS) is 23.0. The number of amides is 1. The lowest BCUT2D eigenvalue weighted by molar-refractivity contribution is -0.116. The Labute approximate surface area is 128 Å². The molecular weight excluding hydrogens is 260 g/mol. The molecule has 21 heavy (non-hydrogen) atoms. The largest absolute Gasteiger partial charge is 0.326 e. The van der Waals surface area contributed by atoms with E-state index in [-0.39, 0.29) is 5.91 Å². The summed E-state index contributed by atoms with van der Waals surface area (Å²) in [5.41, 5.74) is 3.24. The van der Waals surface area contributed by atoms with E-state index >= 15 is 0 Å². The Bertz CT molecular complexity index is 488. The van der Waals surface area contributed by atoms with Gasteiger partial charge in [0, 0.05) is 31.7 Å². The molecule has 1 aromatic carbocycles. The first-order chi connectivity index (χ1) is 9.94. The number of aryl methyl sites for hydroxylation is 2. The van der Waals surface area contributed by atoms with E-state index in [1.807, 2.05) is 19.9 Å². The highest BCUT2D eigenvalue weighted by Gasteiger charge is 2.21. The maximum atomic E-state index is 12.1. The summed E-state index contributed by atoms with van der Waals surface area (Å²) >= 11 is 0. The fourth-order valence-corrected chi connectivity index (χ4v) is 3.32. The number of carbonyl (C=O) groups is 1. The maximum Gasteiger partial charge on any atom is 0.225 e. The topological polar surface area (TPSA) is 32.3 Å². The molecular formula is C18H28N2O. The van der Waals surface area contributed by atoms with Crippen LogP contribution in [0.4, 0.5) is 5.69 Å². The van der Waals surface area contributed by atoms with Crippen molar-refractivity contribution in [3.05, 3.63) is 29.3 Å². The van der Waals surface area contributed by atoms with Crippen LogP contribution >= 0.6 is 0 Å². The van der Waals surface area contributed by atoms with Gasteiger partial charge < -0.3 is 10.2 Å². The third-order valence-electron chi connectivity index (χ3n) is 4.27. The summed E-state index contributed by atoms with van der Waals surface area (Å²) in [5, 5.41) is 3.05. The third-order valence-corrected chi connectivity index (χ3v) is 4.27. The van der Waals surface area contributed by atoms with Crippen molar-refractivity contribution in [1.82, 2.24) is 4.90 Å².